The molecule has 6 unspecified atom stereocenters. The number of phosphoric ester groups is 1. The van der Waals surface area contributed by atoms with Crippen LogP contribution in [-0.2, 0) is 27.9 Å². The topological polar surface area (TPSA) is 192 Å². The summed E-state index contributed by atoms with van der Waals surface area (Å²) in [6, 6.07) is 0. The van der Waals surface area contributed by atoms with Gasteiger partial charge in [-0.2, -0.15) is 0 Å². The first-order valence-corrected chi connectivity index (χ1v) is 25.7. The molecule has 0 saturated heterocycles. The van der Waals surface area contributed by atoms with E-state index in [2.05, 4.69) is 38.2 Å². The maximum atomic E-state index is 12.8. The van der Waals surface area contributed by atoms with E-state index in [4.69, 9.17) is 18.5 Å². The van der Waals surface area contributed by atoms with Gasteiger partial charge in [-0.3, -0.25) is 13.8 Å². The fourth-order valence-corrected chi connectivity index (χ4v) is 8.43. The predicted octanol–water partition coefficient (Wildman–Crippen LogP) is 10.1. The van der Waals surface area contributed by atoms with Crippen LogP contribution in [-0.4, -0.2) is 98.9 Å². The van der Waals surface area contributed by atoms with Gasteiger partial charge in [0.25, 0.3) is 0 Å². The van der Waals surface area contributed by atoms with Gasteiger partial charge in [0, 0.05) is 13.0 Å². The number of ether oxygens (including phenoxy) is 2. The van der Waals surface area contributed by atoms with E-state index in [0.717, 1.165) is 70.6 Å². The minimum atomic E-state index is -5.02. The average Bonchev–Trinajstić information content (AvgIpc) is 3.23. The lowest BCUT2D eigenvalue weighted by molar-refractivity contribution is -0.220. The molecular weight excluding hydrogens is 787 g/mol. The molecule has 0 bridgehead atoms. The quantitative estimate of drug-likeness (QED) is 0.0148. The van der Waals surface area contributed by atoms with Gasteiger partial charge in [-0.05, 0) is 38.5 Å². The summed E-state index contributed by atoms with van der Waals surface area (Å²) in [7, 11) is -5.02. The van der Waals surface area contributed by atoms with E-state index in [-0.39, 0.29) is 13.0 Å². The van der Waals surface area contributed by atoms with Gasteiger partial charge in [-0.25, -0.2) is 4.57 Å². The molecule has 0 spiro atoms. The van der Waals surface area contributed by atoms with Gasteiger partial charge >= 0.3 is 13.8 Å². The molecule has 1 aliphatic carbocycles. The molecule has 1 fully saturated rings. The molecule has 0 heterocycles. The minimum Gasteiger partial charge on any atom is -0.457 e. The van der Waals surface area contributed by atoms with Gasteiger partial charge in [-0.15, -0.1) is 0 Å². The Morgan fingerprint density at radius 2 is 0.967 bits per heavy atom. The Labute approximate surface area is 364 Å². The summed E-state index contributed by atoms with van der Waals surface area (Å²) in [5, 5.41) is 50.2. The molecular formula is C47H89O12P. The Bertz CT molecular complexity index is 1090. The Balaban J connectivity index is 2.34. The van der Waals surface area contributed by atoms with Crippen molar-refractivity contribution in [3.63, 3.8) is 0 Å². The van der Waals surface area contributed by atoms with Crippen LogP contribution in [0.1, 0.15) is 206 Å². The van der Waals surface area contributed by atoms with Crippen molar-refractivity contribution in [3.8, 4) is 0 Å². The molecule has 1 saturated carbocycles. The second-order valence-corrected chi connectivity index (χ2v) is 18.4. The van der Waals surface area contributed by atoms with Crippen LogP contribution in [0.2, 0.25) is 0 Å². The molecule has 0 amide bonds. The lowest BCUT2D eigenvalue weighted by Gasteiger charge is -2.41. The molecule has 0 aromatic carbocycles. The zero-order valence-electron chi connectivity index (χ0n) is 37.8. The molecule has 6 atom stereocenters. The van der Waals surface area contributed by atoms with E-state index in [1.54, 1.807) is 0 Å². The van der Waals surface area contributed by atoms with Crippen molar-refractivity contribution in [2.75, 3.05) is 19.8 Å². The van der Waals surface area contributed by atoms with E-state index in [9.17, 15) is 39.8 Å². The van der Waals surface area contributed by atoms with Crippen LogP contribution in [0.5, 0.6) is 0 Å². The van der Waals surface area contributed by atoms with Crippen LogP contribution in [0, 0.1) is 0 Å². The molecule has 12 nitrogen and oxygen atoms in total. The fraction of sp³-hybridized carbons (Fsp3) is 0.894. The van der Waals surface area contributed by atoms with Gasteiger partial charge in [0.15, 0.2) is 0 Å². The second kappa shape index (κ2) is 38.3. The van der Waals surface area contributed by atoms with Crippen molar-refractivity contribution in [2.45, 2.75) is 249 Å². The van der Waals surface area contributed by atoms with Crippen molar-refractivity contribution < 1.29 is 58.3 Å². The van der Waals surface area contributed by atoms with Gasteiger partial charge in [0.05, 0.1) is 13.2 Å². The first-order chi connectivity index (χ1) is 29.0. The Morgan fingerprint density at radius 1 is 0.533 bits per heavy atom. The van der Waals surface area contributed by atoms with Crippen LogP contribution >= 0.6 is 7.82 Å². The Hall–Kier alpha value is -1.18. The van der Waals surface area contributed by atoms with Crippen LogP contribution in [0.3, 0.4) is 0 Å². The van der Waals surface area contributed by atoms with E-state index >= 15 is 0 Å². The predicted molar refractivity (Wildman–Crippen MR) is 240 cm³/mol. The molecule has 0 radical (unpaired) electrons. The Kier molecular flexibility index (Phi) is 36.3. The molecule has 60 heavy (non-hydrogen) atoms. The molecule has 1 aliphatic rings. The number of aliphatic hydroxyl groups is 5. The summed E-state index contributed by atoms with van der Waals surface area (Å²) in [5.74, 6) is -0.489. The monoisotopic (exact) mass is 877 g/mol. The van der Waals surface area contributed by atoms with Crippen LogP contribution in [0.15, 0.2) is 24.3 Å². The summed E-state index contributed by atoms with van der Waals surface area (Å²) in [6.45, 7) is 4.20. The van der Waals surface area contributed by atoms with Crippen molar-refractivity contribution in [3.05, 3.63) is 24.3 Å². The summed E-state index contributed by atoms with van der Waals surface area (Å²) >= 11 is 0. The third-order valence-electron chi connectivity index (χ3n) is 11.3. The second-order valence-electron chi connectivity index (χ2n) is 17.0. The van der Waals surface area contributed by atoms with Crippen molar-refractivity contribution in [2.24, 2.45) is 0 Å². The standard InChI is InChI=1S/C47H89O12P/c1-3-5-7-9-11-13-15-17-18-19-20-21-22-23-25-27-29-31-33-35-37-56-38-40(39-57-60(54,55)59-47-45(52)43(50)42(49)44(51)46(47)53)58-41(48)36-34-32-30-28-26-24-16-14-12-10-8-6-4-2/h8,10,14,16,40,42-47,49-53H,3-7,9,11-13,15,17-39H2,1-2H3,(H,54,55)/b10-8-,16-14-. The van der Waals surface area contributed by atoms with Gasteiger partial charge in [-0.1, -0.05) is 186 Å². The number of unbranched alkanes of at least 4 members (excludes halogenated alkanes) is 25. The number of hydrogen-bond donors (Lipinski definition) is 6. The largest absolute Gasteiger partial charge is 0.472 e. The molecule has 0 aliphatic heterocycles. The highest BCUT2D eigenvalue weighted by atomic mass is 31.2. The lowest BCUT2D eigenvalue weighted by atomic mass is 9.85. The number of esters is 1. The molecule has 0 aromatic heterocycles. The van der Waals surface area contributed by atoms with Gasteiger partial charge in [0.2, 0.25) is 0 Å². The van der Waals surface area contributed by atoms with E-state index < -0.39 is 63.1 Å². The highest BCUT2D eigenvalue weighted by molar-refractivity contribution is 7.47. The van der Waals surface area contributed by atoms with Crippen LogP contribution in [0.25, 0.3) is 0 Å². The average molecular weight is 877 g/mol. The number of carbonyl (C=O) groups excluding carboxylic acids is 1. The van der Waals surface area contributed by atoms with E-state index in [1.165, 1.54) is 109 Å². The smallest absolute Gasteiger partial charge is 0.457 e. The third-order valence-corrected chi connectivity index (χ3v) is 12.3. The molecule has 1 rings (SSSR count). The van der Waals surface area contributed by atoms with Crippen molar-refractivity contribution >= 4 is 13.8 Å². The Morgan fingerprint density at radius 3 is 1.47 bits per heavy atom. The van der Waals surface area contributed by atoms with Gasteiger partial charge in [0.1, 0.15) is 42.7 Å². The normalized spacial score (nSPS) is 22.5. The zero-order valence-corrected chi connectivity index (χ0v) is 38.7. The molecule has 354 valence electrons. The van der Waals surface area contributed by atoms with Gasteiger partial charge < -0.3 is 39.9 Å². The molecule has 13 heteroatoms. The zero-order chi connectivity index (χ0) is 44.1. The van der Waals surface area contributed by atoms with Crippen LogP contribution < -0.4 is 0 Å². The fourth-order valence-electron chi connectivity index (χ4n) is 7.45. The first-order valence-electron chi connectivity index (χ1n) is 24.2. The highest BCUT2D eigenvalue weighted by Crippen LogP contribution is 2.47. The number of rotatable bonds is 41. The maximum absolute atomic E-state index is 12.8. The summed E-state index contributed by atoms with van der Waals surface area (Å²) < 4.78 is 34.2. The SMILES string of the molecule is CCC/C=C\C/C=C\CCCCCCCC(=O)OC(COCCCCCCCCCCCCCCCCCCCCCC)COP(=O)(O)OC1C(O)C(O)C(O)C(O)C1O. The summed E-state index contributed by atoms with van der Waals surface area (Å²) in [5.41, 5.74) is 0. The third kappa shape index (κ3) is 30.0. The van der Waals surface area contributed by atoms with Crippen LogP contribution in [0.4, 0.5) is 0 Å². The lowest BCUT2D eigenvalue weighted by Crippen LogP contribution is -2.64. The number of aliphatic hydroxyl groups excluding tert-OH is 5. The number of carbonyl (C=O) groups is 1. The van der Waals surface area contributed by atoms with E-state index in [0.29, 0.717) is 13.0 Å². The summed E-state index contributed by atoms with van der Waals surface area (Å²) in [4.78, 5) is 23.1. The summed E-state index contributed by atoms with van der Waals surface area (Å²) in [6.07, 6.45) is 31.1. The number of phosphoric acid groups is 1. The first kappa shape index (κ1) is 56.8. The van der Waals surface area contributed by atoms with E-state index in [1.807, 2.05) is 0 Å². The number of allylic oxidation sites excluding steroid dienone is 4. The van der Waals surface area contributed by atoms with Crippen molar-refractivity contribution in [1.29, 1.82) is 0 Å². The minimum absolute atomic E-state index is 0.0783. The number of hydrogen-bond acceptors (Lipinski definition) is 11. The highest BCUT2D eigenvalue weighted by Gasteiger charge is 2.51. The van der Waals surface area contributed by atoms with Crippen molar-refractivity contribution in [1.82, 2.24) is 0 Å². The molecule has 6 N–H and O–H groups in total. The molecule has 0 aromatic rings. The maximum Gasteiger partial charge on any atom is 0.472 e.